The average Bonchev–Trinajstić information content (AvgIpc) is 2.46. The number of rotatable bonds is 7. The van der Waals surface area contributed by atoms with Gasteiger partial charge < -0.3 is 18.9 Å². The van der Waals surface area contributed by atoms with Crippen molar-refractivity contribution in [2.75, 3.05) is 20.8 Å². The maximum Gasteiger partial charge on any atom is 0.377 e. The van der Waals surface area contributed by atoms with Gasteiger partial charge in [-0.3, -0.25) is 0 Å². The Bertz CT molecular complexity index is 546. The molecule has 5 nitrogen and oxygen atoms in total. The first-order valence-corrected chi connectivity index (χ1v) is 7.21. The molecule has 0 amide bonds. The molecule has 0 heterocycles. The van der Waals surface area contributed by atoms with E-state index in [9.17, 15) is 4.79 Å². The highest BCUT2D eigenvalue weighted by molar-refractivity contribution is 5.86. The Morgan fingerprint density at radius 3 is 2.41 bits per heavy atom. The highest BCUT2D eigenvalue weighted by Gasteiger charge is 2.19. The Labute approximate surface area is 131 Å². The van der Waals surface area contributed by atoms with Crippen LogP contribution in [0.4, 0.5) is 0 Å². The van der Waals surface area contributed by atoms with Gasteiger partial charge in [-0.1, -0.05) is 13.8 Å². The predicted molar refractivity (Wildman–Crippen MR) is 84.2 cm³/mol. The molecule has 0 aliphatic rings. The number of ether oxygens (including phenoxy) is 4. The van der Waals surface area contributed by atoms with Gasteiger partial charge in [-0.15, -0.1) is 0 Å². The summed E-state index contributed by atoms with van der Waals surface area (Å²) in [5.41, 5.74) is 1.86. The number of benzene rings is 1. The van der Waals surface area contributed by atoms with Gasteiger partial charge in [-0.2, -0.15) is 0 Å². The van der Waals surface area contributed by atoms with Gasteiger partial charge in [0.25, 0.3) is 0 Å². The maximum atomic E-state index is 11.9. The summed E-state index contributed by atoms with van der Waals surface area (Å²) in [6.45, 7) is 8.00. The molecule has 122 valence electrons. The van der Waals surface area contributed by atoms with Crippen LogP contribution in [0.15, 0.2) is 24.2 Å². The molecule has 1 aromatic rings. The van der Waals surface area contributed by atoms with E-state index in [1.165, 1.54) is 13.4 Å². The number of hydrogen-bond acceptors (Lipinski definition) is 5. The monoisotopic (exact) mass is 308 g/mol. The number of carbonyl (C=O) groups is 1. The minimum Gasteiger partial charge on any atom is -0.500 e. The fourth-order valence-electron chi connectivity index (χ4n) is 1.98. The smallest absolute Gasteiger partial charge is 0.377 e. The lowest BCUT2D eigenvalue weighted by Crippen LogP contribution is -2.14. The van der Waals surface area contributed by atoms with Crippen LogP contribution in [0.2, 0.25) is 0 Å². The molecule has 0 bridgehead atoms. The Balaban J connectivity index is 3.21. The van der Waals surface area contributed by atoms with Crippen LogP contribution in [0.3, 0.4) is 0 Å². The number of carbonyl (C=O) groups excluding carboxylic acids is 1. The topological polar surface area (TPSA) is 54.0 Å². The number of aryl methyl sites for hydroxylation is 1. The normalized spacial score (nSPS) is 11.3. The lowest BCUT2D eigenvalue weighted by molar-refractivity contribution is -0.141. The van der Waals surface area contributed by atoms with Crippen molar-refractivity contribution in [1.29, 1.82) is 0 Å². The molecule has 0 atom stereocenters. The van der Waals surface area contributed by atoms with E-state index < -0.39 is 5.97 Å². The van der Waals surface area contributed by atoms with Gasteiger partial charge in [-0.05, 0) is 37.5 Å². The Kier molecular flexibility index (Phi) is 6.76. The van der Waals surface area contributed by atoms with Gasteiger partial charge in [0.2, 0.25) is 5.76 Å². The molecule has 5 heteroatoms. The van der Waals surface area contributed by atoms with Gasteiger partial charge in [0, 0.05) is 5.56 Å². The third-order valence-corrected chi connectivity index (χ3v) is 3.07. The second kappa shape index (κ2) is 8.32. The average molecular weight is 308 g/mol. The fraction of sp³-hybridized carbons (Fsp3) is 0.471. The SMILES string of the molecule is CCOC(=O)C(=COC)Oc1cc(C)c(OC)cc1C(C)C. The van der Waals surface area contributed by atoms with Gasteiger partial charge in [0.05, 0.1) is 20.8 Å². The highest BCUT2D eigenvalue weighted by atomic mass is 16.6. The summed E-state index contributed by atoms with van der Waals surface area (Å²) >= 11 is 0. The minimum absolute atomic E-state index is 0.0100. The second-order valence-electron chi connectivity index (χ2n) is 5.05. The zero-order chi connectivity index (χ0) is 16.7. The third-order valence-electron chi connectivity index (χ3n) is 3.07. The zero-order valence-corrected chi connectivity index (χ0v) is 14.1. The molecule has 0 spiro atoms. The van der Waals surface area contributed by atoms with E-state index in [4.69, 9.17) is 18.9 Å². The lowest BCUT2D eigenvalue weighted by atomic mass is 10.00. The van der Waals surface area contributed by atoms with E-state index >= 15 is 0 Å². The summed E-state index contributed by atoms with van der Waals surface area (Å²) in [6.07, 6.45) is 1.24. The van der Waals surface area contributed by atoms with Crippen LogP contribution >= 0.6 is 0 Å². The molecule has 0 saturated carbocycles. The van der Waals surface area contributed by atoms with E-state index in [0.717, 1.165) is 16.9 Å². The molecule has 0 saturated heterocycles. The quantitative estimate of drug-likeness (QED) is 0.438. The van der Waals surface area contributed by atoms with Crippen LogP contribution < -0.4 is 9.47 Å². The summed E-state index contributed by atoms with van der Waals surface area (Å²) in [4.78, 5) is 11.9. The first-order chi connectivity index (χ1) is 10.4. The molecular formula is C17H24O5. The van der Waals surface area contributed by atoms with Crippen LogP contribution in [0.25, 0.3) is 0 Å². The van der Waals surface area contributed by atoms with Gasteiger partial charge >= 0.3 is 5.97 Å². The number of hydrogen-bond donors (Lipinski definition) is 0. The van der Waals surface area contributed by atoms with Crippen molar-refractivity contribution in [1.82, 2.24) is 0 Å². The van der Waals surface area contributed by atoms with E-state index in [2.05, 4.69) is 0 Å². The van der Waals surface area contributed by atoms with Crippen molar-refractivity contribution in [3.05, 3.63) is 35.3 Å². The molecular weight excluding hydrogens is 284 g/mol. The molecule has 0 aliphatic heterocycles. The highest BCUT2D eigenvalue weighted by Crippen LogP contribution is 2.34. The molecule has 1 rings (SSSR count). The zero-order valence-electron chi connectivity index (χ0n) is 14.1. The van der Waals surface area contributed by atoms with Crippen LogP contribution in [0.1, 0.15) is 37.8 Å². The van der Waals surface area contributed by atoms with Crippen molar-refractivity contribution < 1.29 is 23.7 Å². The van der Waals surface area contributed by atoms with Crippen LogP contribution in [-0.2, 0) is 14.3 Å². The van der Waals surface area contributed by atoms with E-state index in [1.807, 2.05) is 32.9 Å². The minimum atomic E-state index is -0.562. The van der Waals surface area contributed by atoms with Crippen molar-refractivity contribution >= 4 is 5.97 Å². The Morgan fingerprint density at radius 1 is 1.23 bits per heavy atom. The standard InChI is InChI=1S/C17H24O5/c1-7-21-17(18)16(10-19-5)22-15-8-12(4)14(20-6)9-13(15)11(2)3/h8-11H,7H2,1-6H3. The van der Waals surface area contributed by atoms with Gasteiger partial charge in [0.1, 0.15) is 17.8 Å². The predicted octanol–water partition coefficient (Wildman–Crippen LogP) is 3.56. The van der Waals surface area contributed by atoms with Gasteiger partial charge in [-0.25, -0.2) is 4.79 Å². The first kappa shape index (κ1) is 17.9. The van der Waals surface area contributed by atoms with Crippen molar-refractivity contribution in [2.45, 2.75) is 33.6 Å². The Morgan fingerprint density at radius 2 is 1.91 bits per heavy atom. The molecule has 1 aromatic carbocycles. The molecule has 22 heavy (non-hydrogen) atoms. The lowest BCUT2D eigenvalue weighted by Gasteiger charge is -2.17. The summed E-state index contributed by atoms with van der Waals surface area (Å²) < 4.78 is 21.0. The fourth-order valence-corrected chi connectivity index (χ4v) is 1.98. The summed E-state index contributed by atoms with van der Waals surface area (Å²) in [7, 11) is 3.08. The summed E-state index contributed by atoms with van der Waals surface area (Å²) in [5, 5.41) is 0. The molecule has 0 unspecified atom stereocenters. The maximum absolute atomic E-state index is 11.9. The van der Waals surface area contributed by atoms with E-state index in [1.54, 1.807) is 14.0 Å². The largest absolute Gasteiger partial charge is 0.500 e. The molecule has 0 radical (unpaired) electrons. The summed E-state index contributed by atoms with van der Waals surface area (Å²) in [6, 6.07) is 3.77. The molecule has 0 aromatic heterocycles. The van der Waals surface area contributed by atoms with Crippen molar-refractivity contribution in [2.24, 2.45) is 0 Å². The van der Waals surface area contributed by atoms with Crippen molar-refractivity contribution in [3.8, 4) is 11.5 Å². The first-order valence-electron chi connectivity index (χ1n) is 7.21. The molecule has 0 N–H and O–H groups in total. The number of esters is 1. The van der Waals surface area contributed by atoms with Crippen LogP contribution in [0.5, 0.6) is 11.5 Å². The van der Waals surface area contributed by atoms with Crippen LogP contribution in [0, 0.1) is 6.92 Å². The Hall–Kier alpha value is -2.17. The van der Waals surface area contributed by atoms with Crippen LogP contribution in [-0.4, -0.2) is 26.8 Å². The third kappa shape index (κ3) is 4.41. The van der Waals surface area contributed by atoms with E-state index in [0.29, 0.717) is 5.75 Å². The molecule has 0 fully saturated rings. The van der Waals surface area contributed by atoms with E-state index in [-0.39, 0.29) is 18.3 Å². The van der Waals surface area contributed by atoms with Crippen molar-refractivity contribution in [3.63, 3.8) is 0 Å². The van der Waals surface area contributed by atoms with Gasteiger partial charge in [0.15, 0.2) is 0 Å². The summed E-state index contributed by atoms with van der Waals surface area (Å²) in [5.74, 6) is 1.02. The molecule has 0 aliphatic carbocycles. The second-order valence-corrected chi connectivity index (χ2v) is 5.05. The number of methoxy groups -OCH3 is 2.